The first-order valence-electron chi connectivity index (χ1n) is 8.92. The standard InChI is InChI=1S/C20H21N3O4S2.ClH/c1-19(18(24)23-25,29(2,26)27)10-8-17-22-15-7-6-14(13-16(15)28-17)5-3-4-9-20(21)11-12-20;/h6-7,13,25H,8,10-12,21H2,1-2H3,(H,23,24);1H/t19-;/m1./s1. The van der Waals surface area contributed by atoms with Gasteiger partial charge in [-0.15, -0.1) is 23.7 Å². The van der Waals surface area contributed by atoms with E-state index in [2.05, 4.69) is 28.7 Å². The van der Waals surface area contributed by atoms with E-state index in [9.17, 15) is 13.2 Å². The molecule has 1 aromatic carbocycles. The molecule has 1 aromatic heterocycles. The Kier molecular flexibility index (Phi) is 7.18. The number of nitrogens with one attached hydrogen (secondary N) is 1. The highest BCUT2D eigenvalue weighted by atomic mass is 35.5. The van der Waals surface area contributed by atoms with Gasteiger partial charge in [-0.25, -0.2) is 18.9 Å². The van der Waals surface area contributed by atoms with Gasteiger partial charge in [-0.05, 0) is 56.2 Å². The summed E-state index contributed by atoms with van der Waals surface area (Å²) in [5.41, 5.74) is 8.56. The highest BCUT2D eigenvalue weighted by Crippen LogP contribution is 2.31. The number of nitrogens with zero attached hydrogens (tertiary/aromatic N) is 1. The smallest absolute Gasteiger partial charge is 0.264 e. The predicted octanol–water partition coefficient (Wildman–Crippen LogP) is 1.81. The van der Waals surface area contributed by atoms with Crippen molar-refractivity contribution < 1.29 is 18.4 Å². The molecule has 1 aliphatic carbocycles. The second-order valence-corrected chi connectivity index (χ2v) is 11.0. The number of halogens is 1. The summed E-state index contributed by atoms with van der Waals surface area (Å²) in [5, 5.41) is 9.60. The number of hydrogen-bond donors (Lipinski definition) is 3. The SMILES string of the molecule is C[C@@](CCc1nc2ccc(C#CC#CC3(N)CC3)cc2s1)(C(=O)NO)S(C)(=O)=O.Cl. The molecule has 1 amide bonds. The first kappa shape index (κ1) is 24.1. The van der Waals surface area contributed by atoms with Gasteiger partial charge in [-0.2, -0.15) is 0 Å². The zero-order valence-corrected chi connectivity index (χ0v) is 18.9. The molecule has 30 heavy (non-hydrogen) atoms. The molecular weight excluding hydrogens is 446 g/mol. The van der Waals surface area contributed by atoms with Gasteiger partial charge in [0.1, 0.15) is 4.75 Å². The van der Waals surface area contributed by atoms with E-state index in [0.717, 1.165) is 34.9 Å². The van der Waals surface area contributed by atoms with Crippen LogP contribution in [0.5, 0.6) is 0 Å². The second kappa shape index (κ2) is 8.93. The number of nitrogens with two attached hydrogens (primary N) is 1. The van der Waals surface area contributed by atoms with Crippen LogP contribution in [0.3, 0.4) is 0 Å². The molecule has 1 fully saturated rings. The van der Waals surface area contributed by atoms with E-state index in [0.29, 0.717) is 5.01 Å². The van der Waals surface area contributed by atoms with Crippen LogP contribution >= 0.6 is 23.7 Å². The molecule has 160 valence electrons. The van der Waals surface area contributed by atoms with E-state index in [4.69, 9.17) is 10.9 Å². The van der Waals surface area contributed by atoms with Gasteiger partial charge >= 0.3 is 0 Å². The molecule has 0 unspecified atom stereocenters. The van der Waals surface area contributed by atoms with Gasteiger partial charge in [0.2, 0.25) is 0 Å². The lowest BCUT2D eigenvalue weighted by Crippen LogP contribution is -2.49. The monoisotopic (exact) mass is 467 g/mol. The number of rotatable bonds is 5. The number of aromatic nitrogens is 1. The highest BCUT2D eigenvalue weighted by molar-refractivity contribution is 7.92. The maximum absolute atomic E-state index is 12.1. The Labute approximate surface area is 185 Å². The minimum absolute atomic E-state index is 0. The van der Waals surface area contributed by atoms with Crippen LogP contribution in [0, 0.1) is 23.7 Å². The number of thiazole rings is 1. The Morgan fingerprint density at radius 1 is 1.40 bits per heavy atom. The Morgan fingerprint density at radius 3 is 2.70 bits per heavy atom. The molecule has 1 heterocycles. The van der Waals surface area contributed by atoms with E-state index < -0.39 is 20.5 Å². The summed E-state index contributed by atoms with van der Waals surface area (Å²) < 4.78 is 23.3. The molecule has 2 aromatic rings. The summed E-state index contributed by atoms with van der Waals surface area (Å²) in [6.45, 7) is 1.29. The molecule has 0 spiro atoms. The number of fused-ring (bicyclic) bond motifs is 1. The van der Waals surface area contributed by atoms with Gasteiger partial charge in [0.25, 0.3) is 5.91 Å². The fraction of sp³-hybridized carbons (Fsp3) is 0.400. The van der Waals surface area contributed by atoms with Gasteiger partial charge in [-0.1, -0.05) is 11.8 Å². The molecule has 0 radical (unpaired) electrons. The van der Waals surface area contributed by atoms with Crippen molar-refractivity contribution in [3.8, 4) is 23.7 Å². The lowest BCUT2D eigenvalue weighted by atomic mass is 10.0. The van der Waals surface area contributed by atoms with Crippen molar-refractivity contribution >= 4 is 49.7 Å². The molecule has 0 bridgehead atoms. The van der Waals surface area contributed by atoms with Crippen LogP contribution in [0.25, 0.3) is 10.2 Å². The minimum atomic E-state index is -3.74. The largest absolute Gasteiger partial charge is 0.315 e. The molecule has 7 nitrogen and oxygen atoms in total. The number of carbonyl (C=O) groups excluding carboxylic acids is 1. The number of aryl methyl sites for hydroxylation is 1. The summed E-state index contributed by atoms with van der Waals surface area (Å²) in [6, 6.07) is 5.58. The minimum Gasteiger partial charge on any atom is -0.315 e. The third kappa shape index (κ3) is 5.31. The summed E-state index contributed by atoms with van der Waals surface area (Å²) in [4.78, 5) is 16.4. The topological polar surface area (TPSA) is 122 Å². The lowest BCUT2D eigenvalue weighted by Gasteiger charge is -2.24. The summed E-state index contributed by atoms with van der Waals surface area (Å²) >= 11 is 1.41. The third-order valence-electron chi connectivity index (χ3n) is 5.02. The zero-order valence-electron chi connectivity index (χ0n) is 16.5. The first-order valence-corrected chi connectivity index (χ1v) is 11.6. The number of carbonyl (C=O) groups is 1. The number of benzene rings is 1. The van der Waals surface area contributed by atoms with Crippen molar-refractivity contribution in [2.24, 2.45) is 5.73 Å². The Bertz CT molecular complexity index is 1200. The normalized spacial score (nSPS) is 16.1. The van der Waals surface area contributed by atoms with Gasteiger partial charge in [0.05, 0.1) is 20.8 Å². The van der Waals surface area contributed by atoms with Crippen molar-refractivity contribution in [1.82, 2.24) is 10.5 Å². The van der Waals surface area contributed by atoms with Crippen LogP contribution in [0.1, 0.15) is 36.8 Å². The maximum atomic E-state index is 12.1. The van der Waals surface area contributed by atoms with Crippen LogP contribution in [0.2, 0.25) is 0 Å². The van der Waals surface area contributed by atoms with Crippen molar-refractivity contribution in [2.45, 2.75) is 42.9 Å². The quantitative estimate of drug-likeness (QED) is 0.350. The fourth-order valence-electron chi connectivity index (χ4n) is 2.61. The number of hydroxylamine groups is 1. The summed E-state index contributed by atoms with van der Waals surface area (Å²) in [5.74, 6) is 10.6. The van der Waals surface area contributed by atoms with Gasteiger partial charge in [0, 0.05) is 18.2 Å². The van der Waals surface area contributed by atoms with Crippen molar-refractivity contribution in [3.63, 3.8) is 0 Å². The average Bonchev–Trinajstić information content (AvgIpc) is 3.25. The molecule has 1 atom stereocenters. The maximum Gasteiger partial charge on any atom is 0.264 e. The van der Waals surface area contributed by atoms with Crippen LogP contribution in [-0.4, -0.2) is 41.1 Å². The molecule has 4 N–H and O–H groups in total. The number of hydrogen-bond acceptors (Lipinski definition) is 7. The molecule has 0 saturated heterocycles. The van der Waals surface area contributed by atoms with Crippen LogP contribution < -0.4 is 11.2 Å². The predicted molar refractivity (Wildman–Crippen MR) is 119 cm³/mol. The number of sulfone groups is 1. The first-order chi connectivity index (χ1) is 13.6. The average molecular weight is 468 g/mol. The van der Waals surface area contributed by atoms with Crippen LogP contribution in [0.4, 0.5) is 0 Å². The molecule has 3 rings (SSSR count). The molecule has 1 aliphatic rings. The second-order valence-electron chi connectivity index (χ2n) is 7.39. The number of amides is 1. The van der Waals surface area contributed by atoms with Gasteiger partial charge < -0.3 is 5.73 Å². The molecule has 10 heteroatoms. The van der Waals surface area contributed by atoms with Crippen LogP contribution in [0.15, 0.2) is 18.2 Å². The zero-order chi connectivity index (χ0) is 21.3. The summed E-state index contributed by atoms with van der Waals surface area (Å²) in [7, 11) is -3.74. The molecular formula is C20H22ClN3O4S2. The highest BCUT2D eigenvalue weighted by Gasteiger charge is 2.43. The summed E-state index contributed by atoms with van der Waals surface area (Å²) in [6.07, 6.45) is 3.08. The van der Waals surface area contributed by atoms with Gasteiger partial charge in [-0.3, -0.25) is 10.0 Å². The van der Waals surface area contributed by atoms with E-state index in [-0.39, 0.29) is 30.8 Å². The van der Waals surface area contributed by atoms with E-state index >= 15 is 0 Å². The van der Waals surface area contributed by atoms with Crippen molar-refractivity contribution in [3.05, 3.63) is 28.8 Å². The van der Waals surface area contributed by atoms with E-state index in [1.807, 2.05) is 18.2 Å². The Hall–Kier alpha value is -2.14. The Morgan fingerprint density at radius 2 is 2.10 bits per heavy atom. The van der Waals surface area contributed by atoms with Crippen molar-refractivity contribution in [2.75, 3.05) is 6.26 Å². The third-order valence-corrected chi connectivity index (χ3v) is 8.12. The lowest BCUT2D eigenvalue weighted by molar-refractivity contribution is -0.131. The van der Waals surface area contributed by atoms with E-state index in [1.165, 1.54) is 23.7 Å². The van der Waals surface area contributed by atoms with Gasteiger partial charge in [0.15, 0.2) is 9.84 Å². The molecule has 0 aliphatic heterocycles. The van der Waals surface area contributed by atoms with Crippen molar-refractivity contribution in [1.29, 1.82) is 0 Å². The molecule has 1 saturated carbocycles. The fourth-order valence-corrected chi connectivity index (χ4v) is 4.47. The van der Waals surface area contributed by atoms with Crippen LogP contribution in [-0.2, 0) is 21.1 Å². The Balaban J connectivity index is 0.00000320. The van der Waals surface area contributed by atoms with E-state index in [1.54, 1.807) is 0 Å².